The molecule has 0 bridgehead atoms. The van der Waals surface area contributed by atoms with E-state index in [0.717, 1.165) is 16.4 Å². The largest absolute Gasteiger partial charge is 0.357 e. The van der Waals surface area contributed by atoms with Gasteiger partial charge in [0.25, 0.3) is 0 Å². The zero-order valence-corrected chi connectivity index (χ0v) is 13.1. The van der Waals surface area contributed by atoms with Crippen LogP contribution < -0.4 is 0 Å². The summed E-state index contributed by atoms with van der Waals surface area (Å²) >= 11 is 0. The molecule has 1 N–H and O–H groups in total. The molecule has 3 nitrogen and oxygen atoms in total. The van der Waals surface area contributed by atoms with Gasteiger partial charge in [0, 0.05) is 29.1 Å². The summed E-state index contributed by atoms with van der Waals surface area (Å²) in [6, 6.07) is 10.8. The van der Waals surface area contributed by atoms with Crippen LogP contribution in [0.5, 0.6) is 0 Å². The average Bonchev–Trinajstić information content (AvgIpc) is 2.87. The average molecular weight is 289 g/mol. The van der Waals surface area contributed by atoms with Crippen LogP contribution in [0.4, 0.5) is 0 Å². The van der Waals surface area contributed by atoms with Gasteiger partial charge in [-0.15, -0.1) is 0 Å². The van der Waals surface area contributed by atoms with E-state index in [1.54, 1.807) is 0 Å². The molecular weight excluding hydrogens is 270 g/mol. The van der Waals surface area contributed by atoms with Crippen LogP contribution in [0.3, 0.4) is 0 Å². The fourth-order valence-electron chi connectivity index (χ4n) is 4.15. The summed E-state index contributed by atoms with van der Waals surface area (Å²) in [6.45, 7) is 6.69. The molecule has 0 radical (unpaired) electrons. The standard InChI is InChI=1S/C19H19N3/c1-11-15(16-14(8-9-20)19(16,2)3)13-7-6-12-5-4-10-21-17(12)18(13)22-11/h4-7,10,14,16,22H,8H2,1-3H3/t14-,16-/m1/s1. The number of fused-ring (bicyclic) bond motifs is 3. The SMILES string of the molecule is Cc1[nH]c2c(ccc3cccnc32)c1[C@H]1[C@@H](CC#N)C1(C)C. The number of aromatic amines is 1. The topological polar surface area (TPSA) is 52.5 Å². The number of nitrogens with one attached hydrogen (secondary N) is 1. The van der Waals surface area contributed by atoms with E-state index in [-0.39, 0.29) is 5.41 Å². The molecule has 0 saturated heterocycles. The Balaban J connectivity index is 1.95. The van der Waals surface area contributed by atoms with E-state index >= 15 is 0 Å². The highest BCUT2D eigenvalue weighted by Gasteiger charge is 2.58. The van der Waals surface area contributed by atoms with Gasteiger partial charge in [-0.2, -0.15) is 5.26 Å². The van der Waals surface area contributed by atoms with Crippen molar-refractivity contribution in [3.05, 3.63) is 41.7 Å². The van der Waals surface area contributed by atoms with Gasteiger partial charge in [0.1, 0.15) is 0 Å². The zero-order valence-electron chi connectivity index (χ0n) is 13.1. The van der Waals surface area contributed by atoms with E-state index in [1.165, 1.54) is 16.6 Å². The second kappa shape index (κ2) is 4.33. The van der Waals surface area contributed by atoms with Gasteiger partial charge >= 0.3 is 0 Å². The molecule has 0 spiro atoms. The number of nitrogens with zero attached hydrogens (tertiary/aromatic N) is 2. The third-order valence-electron chi connectivity index (χ3n) is 5.45. The lowest BCUT2D eigenvalue weighted by Gasteiger charge is -2.04. The number of pyridine rings is 1. The summed E-state index contributed by atoms with van der Waals surface area (Å²) in [7, 11) is 0. The number of benzene rings is 1. The van der Waals surface area contributed by atoms with Crippen molar-refractivity contribution in [1.29, 1.82) is 5.26 Å². The third-order valence-corrected chi connectivity index (χ3v) is 5.45. The molecule has 4 rings (SSSR count). The van der Waals surface area contributed by atoms with Crippen LogP contribution in [0.25, 0.3) is 21.8 Å². The Labute approximate surface area is 130 Å². The van der Waals surface area contributed by atoms with Crippen molar-refractivity contribution in [2.24, 2.45) is 11.3 Å². The molecule has 2 aromatic heterocycles. The fraction of sp³-hybridized carbons (Fsp3) is 0.368. The van der Waals surface area contributed by atoms with Crippen LogP contribution in [-0.4, -0.2) is 9.97 Å². The van der Waals surface area contributed by atoms with Gasteiger partial charge in [-0.1, -0.05) is 32.0 Å². The van der Waals surface area contributed by atoms with Gasteiger partial charge < -0.3 is 4.98 Å². The first kappa shape index (κ1) is 13.3. The zero-order chi connectivity index (χ0) is 15.5. The minimum absolute atomic E-state index is 0.203. The highest BCUT2D eigenvalue weighted by Crippen LogP contribution is 2.67. The minimum Gasteiger partial charge on any atom is -0.357 e. The summed E-state index contributed by atoms with van der Waals surface area (Å²) in [4.78, 5) is 8.10. The highest BCUT2D eigenvalue weighted by molar-refractivity contribution is 6.05. The summed E-state index contributed by atoms with van der Waals surface area (Å²) in [6.07, 6.45) is 2.48. The Bertz CT molecular complexity index is 927. The molecule has 1 fully saturated rings. The number of nitriles is 1. The van der Waals surface area contributed by atoms with E-state index in [9.17, 15) is 0 Å². The van der Waals surface area contributed by atoms with Gasteiger partial charge in [0.05, 0.1) is 17.1 Å². The van der Waals surface area contributed by atoms with Crippen LogP contribution in [0, 0.1) is 29.6 Å². The van der Waals surface area contributed by atoms with E-state index in [4.69, 9.17) is 5.26 Å². The molecule has 1 aliphatic rings. The molecule has 3 aromatic rings. The molecule has 22 heavy (non-hydrogen) atoms. The number of aromatic nitrogens is 2. The monoisotopic (exact) mass is 289 g/mol. The van der Waals surface area contributed by atoms with Crippen LogP contribution in [0.2, 0.25) is 0 Å². The van der Waals surface area contributed by atoms with E-state index in [1.807, 2.05) is 12.3 Å². The van der Waals surface area contributed by atoms with Crippen molar-refractivity contribution in [1.82, 2.24) is 9.97 Å². The van der Waals surface area contributed by atoms with Crippen LogP contribution >= 0.6 is 0 Å². The molecule has 3 heteroatoms. The minimum atomic E-state index is 0.203. The van der Waals surface area contributed by atoms with Crippen molar-refractivity contribution in [3.63, 3.8) is 0 Å². The van der Waals surface area contributed by atoms with Crippen molar-refractivity contribution >= 4 is 21.8 Å². The van der Waals surface area contributed by atoms with Crippen molar-refractivity contribution in [3.8, 4) is 6.07 Å². The van der Waals surface area contributed by atoms with Gasteiger partial charge in [0.2, 0.25) is 0 Å². The fourth-order valence-corrected chi connectivity index (χ4v) is 4.15. The molecule has 0 amide bonds. The van der Waals surface area contributed by atoms with Crippen molar-refractivity contribution in [2.75, 3.05) is 0 Å². The molecule has 2 heterocycles. The summed E-state index contributed by atoms with van der Waals surface area (Å²) in [5.41, 5.74) is 4.96. The molecule has 0 aliphatic heterocycles. The Morgan fingerprint density at radius 3 is 2.91 bits per heavy atom. The summed E-state index contributed by atoms with van der Waals surface area (Å²) in [5.74, 6) is 0.914. The molecule has 1 saturated carbocycles. The maximum Gasteiger partial charge on any atom is 0.0942 e. The smallest absolute Gasteiger partial charge is 0.0942 e. The lowest BCUT2D eigenvalue weighted by molar-refractivity contribution is 0.559. The third kappa shape index (κ3) is 1.64. The van der Waals surface area contributed by atoms with Gasteiger partial charge in [0.15, 0.2) is 0 Å². The molecular formula is C19H19N3. The predicted octanol–water partition coefficient (Wildman–Crippen LogP) is 4.68. The van der Waals surface area contributed by atoms with Gasteiger partial charge in [-0.05, 0) is 35.8 Å². The van der Waals surface area contributed by atoms with E-state index in [0.29, 0.717) is 18.3 Å². The van der Waals surface area contributed by atoms with Crippen LogP contribution in [0.15, 0.2) is 30.5 Å². The van der Waals surface area contributed by atoms with Crippen molar-refractivity contribution < 1.29 is 0 Å². The molecule has 1 aromatic carbocycles. The second-order valence-corrected chi connectivity index (χ2v) is 6.99. The van der Waals surface area contributed by atoms with E-state index in [2.05, 4.69) is 55.0 Å². The number of aryl methyl sites for hydroxylation is 1. The molecule has 0 unspecified atom stereocenters. The van der Waals surface area contributed by atoms with Gasteiger partial charge in [-0.25, -0.2) is 0 Å². The Kier molecular flexibility index (Phi) is 2.62. The molecule has 110 valence electrons. The molecule has 2 atom stereocenters. The maximum absolute atomic E-state index is 9.08. The number of rotatable bonds is 2. The quantitative estimate of drug-likeness (QED) is 0.744. The van der Waals surface area contributed by atoms with Crippen LogP contribution in [0.1, 0.15) is 37.4 Å². The van der Waals surface area contributed by atoms with Crippen LogP contribution in [-0.2, 0) is 0 Å². The summed E-state index contributed by atoms with van der Waals surface area (Å²) in [5, 5.41) is 11.5. The first-order valence-corrected chi connectivity index (χ1v) is 7.78. The Hall–Kier alpha value is -2.34. The molecule has 1 aliphatic carbocycles. The highest BCUT2D eigenvalue weighted by atomic mass is 14.8. The summed E-state index contributed by atoms with van der Waals surface area (Å²) < 4.78 is 0. The first-order chi connectivity index (χ1) is 10.6. The Morgan fingerprint density at radius 2 is 2.14 bits per heavy atom. The number of hydrogen-bond acceptors (Lipinski definition) is 2. The predicted molar refractivity (Wildman–Crippen MR) is 88.6 cm³/mol. The normalized spacial score (nSPS) is 22.8. The van der Waals surface area contributed by atoms with Gasteiger partial charge in [-0.3, -0.25) is 4.98 Å². The lowest BCUT2D eigenvalue weighted by Crippen LogP contribution is -1.91. The number of hydrogen-bond donors (Lipinski definition) is 1. The second-order valence-electron chi connectivity index (χ2n) is 6.99. The van der Waals surface area contributed by atoms with Crippen molar-refractivity contribution in [2.45, 2.75) is 33.1 Å². The Morgan fingerprint density at radius 1 is 1.32 bits per heavy atom. The number of H-pyrrole nitrogens is 1. The van der Waals surface area contributed by atoms with E-state index < -0.39 is 0 Å². The first-order valence-electron chi connectivity index (χ1n) is 7.78. The maximum atomic E-state index is 9.08. The lowest BCUT2D eigenvalue weighted by atomic mass is 9.99.